The largest absolute Gasteiger partial charge is 0.459 e. The third-order valence-corrected chi connectivity index (χ3v) is 4.49. The molecular weight excluding hydrogens is 336 g/mol. The Morgan fingerprint density at radius 3 is 2.27 bits per heavy atom. The summed E-state index contributed by atoms with van der Waals surface area (Å²) in [5, 5.41) is 3.06. The van der Waals surface area contributed by atoms with Crippen molar-refractivity contribution in [1.29, 1.82) is 0 Å². The molecule has 26 heavy (non-hydrogen) atoms. The van der Waals surface area contributed by atoms with Crippen molar-refractivity contribution in [3.63, 3.8) is 0 Å². The van der Waals surface area contributed by atoms with E-state index in [0.717, 1.165) is 25.9 Å². The van der Waals surface area contributed by atoms with E-state index in [1.54, 1.807) is 7.05 Å². The average Bonchev–Trinajstić information content (AvgIpc) is 2.61. The quantitative estimate of drug-likeness (QED) is 0.443. The number of hydrogen-bond donors (Lipinski definition) is 1. The summed E-state index contributed by atoms with van der Waals surface area (Å²) >= 11 is 0. The van der Waals surface area contributed by atoms with Crippen LogP contribution in [0.5, 0.6) is 0 Å². The van der Waals surface area contributed by atoms with Gasteiger partial charge in [0, 0.05) is 39.1 Å². The maximum Gasteiger partial charge on any atom is 0.325 e. The van der Waals surface area contributed by atoms with Crippen LogP contribution in [-0.4, -0.2) is 86.2 Å². The van der Waals surface area contributed by atoms with Crippen LogP contribution in [0, 0.1) is 5.92 Å². The van der Waals surface area contributed by atoms with Crippen molar-refractivity contribution in [3.8, 4) is 0 Å². The van der Waals surface area contributed by atoms with Crippen LogP contribution in [0.4, 0.5) is 0 Å². The number of esters is 1. The molecule has 0 bridgehead atoms. The lowest BCUT2D eigenvalue weighted by molar-refractivity contribution is -0.153. The molecule has 8 heteroatoms. The number of piperidine rings is 1. The number of carbonyl (C=O) groups excluding carboxylic acids is 2. The molecule has 2 saturated heterocycles. The van der Waals surface area contributed by atoms with Gasteiger partial charge < -0.3 is 24.6 Å². The number of ether oxygens (including phenoxy) is 2. The maximum absolute atomic E-state index is 12.6. The van der Waals surface area contributed by atoms with Gasteiger partial charge in [0.05, 0.1) is 13.2 Å². The highest BCUT2D eigenvalue weighted by Gasteiger charge is 2.30. The second-order valence-corrected chi connectivity index (χ2v) is 7.69. The summed E-state index contributed by atoms with van der Waals surface area (Å²) in [4.78, 5) is 32.7. The molecule has 0 aromatic heterocycles. The Morgan fingerprint density at radius 1 is 1.12 bits per heavy atom. The summed E-state index contributed by atoms with van der Waals surface area (Å²) in [6, 6.07) is 0. The molecule has 2 rings (SSSR count). The van der Waals surface area contributed by atoms with Gasteiger partial charge in [-0.25, -0.2) is 0 Å². The van der Waals surface area contributed by atoms with Crippen molar-refractivity contribution >= 4 is 17.8 Å². The molecule has 0 aliphatic carbocycles. The molecule has 2 fully saturated rings. The van der Waals surface area contributed by atoms with Crippen LogP contribution in [0.1, 0.15) is 33.6 Å². The van der Waals surface area contributed by atoms with E-state index in [4.69, 9.17) is 9.47 Å². The lowest BCUT2D eigenvalue weighted by Gasteiger charge is -2.36. The fourth-order valence-electron chi connectivity index (χ4n) is 3.24. The number of nitrogens with one attached hydrogen (secondary N) is 1. The molecule has 0 spiro atoms. The number of rotatable bonds is 3. The third-order valence-electron chi connectivity index (χ3n) is 4.49. The van der Waals surface area contributed by atoms with Gasteiger partial charge in [0.25, 0.3) is 0 Å². The molecule has 0 saturated carbocycles. The van der Waals surface area contributed by atoms with E-state index in [1.165, 1.54) is 0 Å². The first-order valence-electron chi connectivity index (χ1n) is 9.34. The molecule has 0 aromatic carbocycles. The lowest BCUT2D eigenvalue weighted by Crippen LogP contribution is -2.50. The van der Waals surface area contributed by atoms with Gasteiger partial charge in [0.15, 0.2) is 5.96 Å². The number of carbonyl (C=O) groups is 2. The zero-order valence-electron chi connectivity index (χ0n) is 16.4. The van der Waals surface area contributed by atoms with E-state index < -0.39 is 5.60 Å². The second kappa shape index (κ2) is 9.21. The fraction of sp³-hybridized carbons (Fsp3) is 0.833. The van der Waals surface area contributed by atoms with Gasteiger partial charge in [-0.15, -0.1) is 0 Å². The van der Waals surface area contributed by atoms with Gasteiger partial charge in [-0.1, -0.05) is 0 Å². The normalized spacial score (nSPS) is 20.1. The molecular formula is C18H32N4O4. The number of aliphatic imine (C=N–C) groups is 1. The topological polar surface area (TPSA) is 83.5 Å². The highest BCUT2D eigenvalue weighted by molar-refractivity contribution is 5.85. The molecule has 2 aliphatic rings. The summed E-state index contributed by atoms with van der Waals surface area (Å²) < 4.78 is 10.6. The minimum atomic E-state index is -0.500. The van der Waals surface area contributed by atoms with Crippen molar-refractivity contribution in [2.24, 2.45) is 10.9 Å². The summed E-state index contributed by atoms with van der Waals surface area (Å²) in [6.45, 7) is 9.75. The molecule has 8 nitrogen and oxygen atoms in total. The SMILES string of the molecule is CN=C(NCC(=O)OC(C)(C)C)N1CCC(C(=O)N2CCOCC2)CC1. The average molecular weight is 368 g/mol. The van der Waals surface area contributed by atoms with Gasteiger partial charge in [0.2, 0.25) is 5.91 Å². The smallest absolute Gasteiger partial charge is 0.325 e. The number of nitrogens with zero attached hydrogens (tertiary/aromatic N) is 3. The van der Waals surface area contributed by atoms with Gasteiger partial charge in [-0.05, 0) is 33.6 Å². The number of hydrogen-bond acceptors (Lipinski definition) is 5. The van der Waals surface area contributed by atoms with E-state index in [9.17, 15) is 9.59 Å². The molecule has 0 aromatic rings. The van der Waals surface area contributed by atoms with Crippen LogP contribution in [0.15, 0.2) is 4.99 Å². The van der Waals surface area contributed by atoms with E-state index >= 15 is 0 Å². The molecule has 0 radical (unpaired) electrons. The highest BCUT2D eigenvalue weighted by Crippen LogP contribution is 2.20. The summed E-state index contributed by atoms with van der Waals surface area (Å²) in [5.41, 5.74) is -0.500. The Kier molecular flexibility index (Phi) is 7.25. The van der Waals surface area contributed by atoms with Crippen molar-refractivity contribution < 1.29 is 19.1 Å². The number of guanidine groups is 1. The predicted molar refractivity (Wildman–Crippen MR) is 98.9 cm³/mol. The van der Waals surface area contributed by atoms with Gasteiger partial charge in [-0.3, -0.25) is 14.6 Å². The monoisotopic (exact) mass is 368 g/mol. The zero-order chi connectivity index (χ0) is 19.2. The van der Waals surface area contributed by atoms with Crippen LogP contribution >= 0.6 is 0 Å². The van der Waals surface area contributed by atoms with E-state index in [1.807, 2.05) is 25.7 Å². The maximum atomic E-state index is 12.6. The minimum absolute atomic E-state index is 0.0633. The van der Waals surface area contributed by atoms with Gasteiger partial charge >= 0.3 is 5.97 Å². The second-order valence-electron chi connectivity index (χ2n) is 7.69. The minimum Gasteiger partial charge on any atom is -0.459 e. The standard InChI is InChI=1S/C18H32N4O4/c1-18(2,3)26-15(23)13-20-17(19-4)22-7-5-14(6-8-22)16(24)21-9-11-25-12-10-21/h14H,5-13H2,1-4H3,(H,19,20). The van der Waals surface area contributed by atoms with Crippen LogP contribution in [0.2, 0.25) is 0 Å². The Bertz CT molecular complexity index is 516. The first-order chi connectivity index (χ1) is 12.3. The van der Waals surface area contributed by atoms with Crippen LogP contribution in [0.3, 0.4) is 0 Å². The van der Waals surface area contributed by atoms with Crippen molar-refractivity contribution in [2.75, 3.05) is 53.0 Å². The number of likely N-dealkylation sites (tertiary alicyclic amines) is 1. The molecule has 0 atom stereocenters. The lowest BCUT2D eigenvalue weighted by atomic mass is 9.95. The van der Waals surface area contributed by atoms with Crippen LogP contribution in [0.25, 0.3) is 0 Å². The van der Waals surface area contributed by atoms with Crippen LogP contribution < -0.4 is 5.32 Å². The Morgan fingerprint density at radius 2 is 1.73 bits per heavy atom. The van der Waals surface area contributed by atoms with Crippen LogP contribution in [-0.2, 0) is 19.1 Å². The summed E-state index contributed by atoms with van der Waals surface area (Å²) in [7, 11) is 1.70. The van der Waals surface area contributed by atoms with E-state index in [-0.39, 0.29) is 24.3 Å². The Balaban J connectivity index is 1.78. The van der Waals surface area contributed by atoms with Crippen molar-refractivity contribution in [2.45, 2.75) is 39.2 Å². The molecule has 1 N–H and O–H groups in total. The first kappa shape index (κ1) is 20.5. The summed E-state index contributed by atoms with van der Waals surface area (Å²) in [5.74, 6) is 0.669. The third kappa shape index (κ3) is 6.16. The molecule has 2 aliphatic heterocycles. The molecule has 148 valence electrons. The van der Waals surface area contributed by atoms with Gasteiger partial charge in [0.1, 0.15) is 12.1 Å². The molecule has 0 unspecified atom stereocenters. The zero-order valence-corrected chi connectivity index (χ0v) is 16.4. The first-order valence-corrected chi connectivity index (χ1v) is 9.34. The van der Waals surface area contributed by atoms with Gasteiger partial charge in [-0.2, -0.15) is 0 Å². The Hall–Kier alpha value is -1.83. The summed E-state index contributed by atoms with van der Waals surface area (Å²) in [6.07, 6.45) is 1.59. The van der Waals surface area contributed by atoms with Crippen molar-refractivity contribution in [3.05, 3.63) is 0 Å². The highest BCUT2D eigenvalue weighted by atomic mass is 16.6. The number of morpholine rings is 1. The van der Waals surface area contributed by atoms with E-state index in [0.29, 0.717) is 32.3 Å². The van der Waals surface area contributed by atoms with Crippen molar-refractivity contribution in [1.82, 2.24) is 15.1 Å². The molecule has 2 heterocycles. The number of amides is 1. The Labute approximate surface area is 155 Å². The fourth-order valence-corrected chi connectivity index (χ4v) is 3.24. The predicted octanol–water partition coefficient (Wildman–Crippen LogP) is 0.474. The molecule has 1 amide bonds. The van der Waals surface area contributed by atoms with E-state index in [2.05, 4.69) is 15.2 Å².